The lowest BCUT2D eigenvalue weighted by atomic mass is 10.1. The second-order valence-electron chi connectivity index (χ2n) is 2.81. The third kappa shape index (κ3) is 1.86. The molecule has 0 aromatic carbocycles. The quantitative estimate of drug-likeness (QED) is 0.320. The highest BCUT2D eigenvalue weighted by Crippen LogP contribution is 2.31. The van der Waals surface area contributed by atoms with E-state index >= 15 is 0 Å². The van der Waals surface area contributed by atoms with E-state index in [-0.39, 0.29) is 0 Å². The summed E-state index contributed by atoms with van der Waals surface area (Å²) in [6.07, 6.45) is 1.01. The normalized spacial score (nSPS) is 38.7. The van der Waals surface area contributed by atoms with Crippen LogP contribution >= 0.6 is 11.8 Å². The first-order valence-electron chi connectivity index (χ1n) is 3.73. The van der Waals surface area contributed by atoms with Gasteiger partial charge in [-0.05, 0) is 6.08 Å². The monoisotopic (exact) mass is 204 g/mol. The molecule has 0 aromatic heterocycles. The Labute approximate surface area is 80.0 Å². The van der Waals surface area contributed by atoms with Gasteiger partial charge < -0.3 is 21.3 Å². The molecule has 1 saturated heterocycles. The van der Waals surface area contributed by atoms with E-state index in [9.17, 15) is 15.0 Å². The summed E-state index contributed by atoms with van der Waals surface area (Å²) in [6, 6.07) is -0.670. The zero-order chi connectivity index (χ0) is 10.1. The van der Waals surface area contributed by atoms with E-state index < -0.39 is 23.1 Å². The maximum Gasteiger partial charge on any atom is 0.245 e. The zero-order valence-electron chi connectivity index (χ0n) is 6.93. The van der Waals surface area contributed by atoms with Gasteiger partial charge in [-0.3, -0.25) is 4.79 Å². The van der Waals surface area contributed by atoms with E-state index in [0.717, 1.165) is 17.8 Å². The fraction of sp³-hybridized carbons (Fsp3) is 0.571. The molecule has 0 spiro atoms. The molecule has 74 valence electrons. The molecular weight excluding hydrogens is 192 g/mol. The Morgan fingerprint density at radius 2 is 2.46 bits per heavy atom. The largest absolute Gasteiger partial charge is 0.377 e. The molecule has 0 saturated carbocycles. The average molecular weight is 204 g/mol. The van der Waals surface area contributed by atoms with Crippen LogP contribution in [-0.4, -0.2) is 39.1 Å². The van der Waals surface area contributed by atoms with Crippen LogP contribution in [0.3, 0.4) is 0 Å². The minimum Gasteiger partial charge on any atom is -0.377 e. The number of carbonyl (C=O) groups is 1. The Morgan fingerprint density at radius 1 is 1.85 bits per heavy atom. The molecule has 0 aromatic rings. The number of nitrogens with two attached hydrogens (primary N) is 1. The number of thioether (sulfide) groups is 1. The van der Waals surface area contributed by atoms with Gasteiger partial charge in [0.1, 0.15) is 5.44 Å². The van der Waals surface area contributed by atoms with Crippen molar-refractivity contribution in [1.82, 2.24) is 5.32 Å². The van der Waals surface area contributed by atoms with Gasteiger partial charge in [-0.1, -0.05) is 6.58 Å². The predicted octanol–water partition coefficient (Wildman–Crippen LogP) is -1.63. The average Bonchev–Trinajstić information content (AvgIpc) is 2.33. The standard InChI is InChI=1S/C7H12N2O3S/c1-2-5(10)9-7(12)4(8)3-13-6(7)11/h2,4,6,11-12H,1,3,8H2,(H,9,10)/t4-,6?,7-/m0/s1. The predicted molar refractivity (Wildman–Crippen MR) is 49.7 cm³/mol. The highest BCUT2D eigenvalue weighted by atomic mass is 32.2. The van der Waals surface area contributed by atoms with Crippen molar-refractivity contribution < 1.29 is 15.0 Å². The number of aliphatic hydroxyl groups is 2. The highest BCUT2D eigenvalue weighted by Gasteiger charge is 2.48. The lowest BCUT2D eigenvalue weighted by Gasteiger charge is -2.30. The van der Waals surface area contributed by atoms with E-state index in [1.54, 1.807) is 0 Å². The molecule has 1 fully saturated rings. The van der Waals surface area contributed by atoms with E-state index in [1.807, 2.05) is 0 Å². The lowest BCUT2D eigenvalue weighted by Crippen LogP contribution is -2.62. The summed E-state index contributed by atoms with van der Waals surface area (Å²) in [5.74, 6) is -0.158. The fourth-order valence-electron chi connectivity index (χ4n) is 1.03. The van der Waals surface area contributed by atoms with Crippen molar-refractivity contribution in [2.75, 3.05) is 5.75 Å². The van der Waals surface area contributed by atoms with Gasteiger partial charge in [-0.2, -0.15) is 0 Å². The van der Waals surface area contributed by atoms with Gasteiger partial charge in [-0.15, -0.1) is 11.8 Å². The lowest BCUT2D eigenvalue weighted by molar-refractivity contribution is -0.130. The Kier molecular flexibility index (Phi) is 2.97. The molecule has 3 atom stereocenters. The van der Waals surface area contributed by atoms with E-state index in [2.05, 4.69) is 11.9 Å². The summed E-state index contributed by atoms with van der Waals surface area (Å²) in [5.41, 5.74) is 2.70. The Balaban J connectivity index is 2.73. The molecule has 0 aliphatic carbocycles. The fourth-order valence-corrected chi connectivity index (χ4v) is 2.17. The van der Waals surface area contributed by atoms with Gasteiger partial charge in [0, 0.05) is 5.75 Å². The molecule has 5 N–H and O–H groups in total. The van der Waals surface area contributed by atoms with Gasteiger partial charge in [0.05, 0.1) is 6.04 Å². The first-order chi connectivity index (χ1) is 6.00. The van der Waals surface area contributed by atoms with Gasteiger partial charge in [0.25, 0.3) is 0 Å². The van der Waals surface area contributed by atoms with Crippen LogP contribution in [0, 0.1) is 0 Å². The topological polar surface area (TPSA) is 95.6 Å². The van der Waals surface area contributed by atoms with E-state index in [0.29, 0.717) is 5.75 Å². The number of rotatable bonds is 2. The van der Waals surface area contributed by atoms with E-state index in [1.165, 1.54) is 0 Å². The van der Waals surface area contributed by atoms with Crippen LogP contribution in [0.2, 0.25) is 0 Å². The van der Waals surface area contributed by atoms with Gasteiger partial charge in [-0.25, -0.2) is 0 Å². The van der Waals surface area contributed by atoms with Gasteiger partial charge >= 0.3 is 0 Å². The van der Waals surface area contributed by atoms with Gasteiger partial charge in [0.15, 0.2) is 5.72 Å². The summed E-state index contributed by atoms with van der Waals surface area (Å²) < 4.78 is 0. The Bertz CT molecular complexity index is 224. The first-order valence-corrected chi connectivity index (χ1v) is 4.77. The molecule has 1 aliphatic rings. The third-order valence-electron chi connectivity index (χ3n) is 1.88. The molecule has 5 nitrogen and oxygen atoms in total. The summed E-state index contributed by atoms with van der Waals surface area (Å²) in [6.45, 7) is 3.23. The number of amides is 1. The summed E-state index contributed by atoms with van der Waals surface area (Å²) in [4.78, 5) is 10.9. The smallest absolute Gasteiger partial charge is 0.245 e. The van der Waals surface area contributed by atoms with Crippen molar-refractivity contribution in [2.45, 2.75) is 17.2 Å². The summed E-state index contributed by atoms with van der Waals surface area (Å²) in [7, 11) is 0. The summed E-state index contributed by atoms with van der Waals surface area (Å²) in [5, 5.41) is 21.3. The Hall–Kier alpha value is -0.560. The molecule has 1 rings (SSSR count). The van der Waals surface area contributed by atoms with Crippen LogP contribution in [0.15, 0.2) is 12.7 Å². The second-order valence-corrected chi connectivity index (χ2v) is 3.92. The number of hydrogen-bond donors (Lipinski definition) is 4. The number of nitrogens with one attached hydrogen (secondary N) is 1. The van der Waals surface area contributed by atoms with Crippen molar-refractivity contribution in [3.8, 4) is 0 Å². The van der Waals surface area contributed by atoms with Crippen molar-refractivity contribution in [3.63, 3.8) is 0 Å². The van der Waals surface area contributed by atoms with Crippen LogP contribution in [0.4, 0.5) is 0 Å². The van der Waals surface area contributed by atoms with Crippen molar-refractivity contribution >= 4 is 17.7 Å². The second kappa shape index (κ2) is 3.67. The van der Waals surface area contributed by atoms with Gasteiger partial charge in [0.2, 0.25) is 5.91 Å². The maximum absolute atomic E-state index is 10.9. The van der Waals surface area contributed by atoms with Crippen LogP contribution in [0.1, 0.15) is 0 Å². The SMILES string of the molecule is C=CC(=O)N[C@@]1(O)C(O)SC[C@@H]1N. The molecule has 1 unspecified atom stereocenters. The van der Waals surface area contributed by atoms with Crippen LogP contribution < -0.4 is 11.1 Å². The first kappa shape index (κ1) is 10.5. The maximum atomic E-state index is 10.9. The number of hydrogen-bond acceptors (Lipinski definition) is 5. The number of aliphatic hydroxyl groups excluding tert-OH is 1. The molecule has 0 radical (unpaired) electrons. The Morgan fingerprint density at radius 3 is 2.85 bits per heavy atom. The van der Waals surface area contributed by atoms with Crippen molar-refractivity contribution in [2.24, 2.45) is 5.73 Å². The zero-order valence-corrected chi connectivity index (χ0v) is 7.75. The van der Waals surface area contributed by atoms with Crippen LogP contribution in [-0.2, 0) is 4.79 Å². The third-order valence-corrected chi connectivity index (χ3v) is 3.11. The van der Waals surface area contributed by atoms with E-state index in [4.69, 9.17) is 5.73 Å². The minimum atomic E-state index is -1.74. The summed E-state index contributed by atoms with van der Waals surface area (Å²) >= 11 is 1.10. The molecular formula is C7H12N2O3S. The molecule has 1 amide bonds. The van der Waals surface area contributed by atoms with Crippen LogP contribution in [0.5, 0.6) is 0 Å². The highest BCUT2D eigenvalue weighted by molar-refractivity contribution is 8.00. The molecule has 1 heterocycles. The van der Waals surface area contributed by atoms with Crippen molar-refractivity contribution in [1.29, 1.82) is 0 Å². The molecule has 0 bridgehead atoms. The molecule has 13 heavy (non-hydrogen) atoms. The molecule has 6 heteroatoms. The number of carbonyl (C=O) groups excluding carboxylic acids is 1. The van der Waals surface area contributed by atoms with Crippen LogP contribution in [0.25, 0.3) is 0 Å². The van der Waals surface area contributed by atoms with Crippen molar-refractivity contribution in [3.05, 3.63) is 12.7 Å². The molecule has 1 aliphatic heterocycles. The minimum absolute atomic E-state index is 0.398.